The Morgan fingerprint density at radius 1 is 1.23 bits per heavy atom. The smallest absolute Gasteiger partial charge is 0.248 e. The lowest BCUT2D eigenvalue weighted by Crippen LogP contribution is -2.19. The SMILES string of the molecule is CC(C)Cc1cc(-c2ccc(Cn3ccnc3C(C)(C)C)c(F)c2)c(S(N)(=O)=O)s1. The first-order valence-corrected chi connectivity index (χ1v) is 12.2. The lowest BCUT2D eigenvalue weighted by molar-refractivity contribution is 0.505. The molecule has 2 heterocycles. The molecule has 0 saturated carbocycles. The molecule has 0 amide bonds. The molecule has 2 N–H and O–H groups in total. The second-order valence-electron chi connectivity index (χ2n) is 8.99. The molecule has 162 valence electrons. The fourth-order valence-electron chi connectivity index (χ4n) is 3.45. The van der Waals surface area contributed by atoms with E-state index in [0.29, 0.717) is 29.2 Å². The van der Waals surface area contributed by atoms with Crippen LogP contribution in [0.3, 0.4) is 0 Å². The molecule has 1 aromatic carbocycles. The zero-order chi connectivity index (χ0) is 22.3. The average molecular weight is 450 g/mol. The van der Waals surface area contributed by atoms with Crippen LogP contribution in [0.15, 0.2) is 40.9 Å². The molecule has 3 rings (SSSR count). The number of primary sulfonamides is 1. The first-order valence-electron chi connectivity index (χ1n) is 9.82. The monoisotopic (exact) mass is 449 g/mol. The van der Waals surface area contributed by atoms with Crippen LogP contribution in [0.4, 0.5) is 4.39 Å². The Balaban J connectivity index is 1.98. The molecule has 0 aliphatic carbocycles. The summed E-state index contributed by atoms with van der Waals surface area (Å²) in [4.78, 5) is 5.32. The zero-order valence-corrected chi connectivity index (χ0v) is 19.6. The van der Waals surface area contributed by atoms with E-state index in [1.165, 1.54) is 6.07 Å². The minimum atomic E-state index is -3.90. The Morgan fingerprint density at radius 2 is 1.93 bits per heavy atom. The molecule has 2 aromatic heterocycles. The molecule has 0 radical (unpaired) electrons. The number of hydrogen-bond donors (Lipinski definition) is 1. The van der Waals surface area contributed by atoms with Gasteiger partial charge in [0.05, 0.1) is 6.54 Å². The Hall–Kier alpha value is -2.03. The molecule has 0 bridgehead atoms. The lowest BCUT2D eigenvalue weighted by Gasteiger charge is -2.20. The summed E-state index contributed by atoms with van der Waals surface area (Å²) in [5.41, 5.74) is 1.32. The molecule has 3 aromatic rings. The average Bonchev–Trinajstić information content (AvgIpc) is 3.22. The van der Waals surface area contributed by atoms with E-state index in [1.807, 2.05) is 16.8 Å². The Kier molecular flexibility index (Phi) is 6.23. The Bertz CT molecular complexity index is 1160. The number of halogens is 1. The van der Waals surface area contributed by atoms with Crippen LogP contribution in [0, 0.1) is 11.7 Å². The number of hydrogen-bond acceptors (Lipinski definition) is 4. The van der Waals surface area contributed by atoms with Gasteiger partial charge in [0.15, 0.2) is 0 Å². The summed E-state index contributed by atoms with van der Waals surface area (Å²) in [6.45, 7) is 10.7. The van der Waals surface area contributed by atoms with Crippen molar-refractivity contribution in [2.75, 3.05) is 0 Å². The predicted octanol–water partition coefficient (Wildman–Crippen LogP) is 4.94. The van der Waals surface area contributed by atoms with Crippen molar-refractivity contribution in [1.82, 2.24) is 9.55 Å². The summed E-state index contributed by atoms with van der Waals surface area (Å²) in [7, 11) is -3.90. The van der Waals surface area contributed by atoms with Gasteiger partial charge in [0.25, 0.3) is 0 Å². The van der Waals surface area contributed by atoms with E-state index >= 15 is 0 Å². The minimum Gasteiger partial charge on any atom is -0.330 e. The van der Waals surface area contributed by atoms with Crippen LogP contribution in [0.2, 0.25) is 0 Å². The van der Waals surface area contributed by atoms with Crippen molar-refractivity contribution in [2.45, 2.75) is 57.2 Å². The van der Waals surface area contributed by atoms with Crippen LogP contribution in [-0.2, 0) is 28.4 Å². The van der Waals surface area contributed by atoms with Gasteiger partial charge in [-0.25, -0.2) is 22.9 Å². The number of benzene rings is 1. The molecular weight excluding hydrogens is 421 g/mol. The lowest BCUT2D eigenvalue weighted by atomic mass is 9.95. The number of sulfonamides is 1. The molecule has 5 nitrogen and oxygen atoms in total. The van der Waals surface area contributed by atoms with Crippen LogP contribution in [0.25, 0.3) is 11.1 Å². The summed E-state index contributed by atoms with van der Waals surface area (Å²) in [6.07, 6.45) is 4.29. The van der Waals surface area contributed by atoms with Gasteiger partial charge in [-0.2, -0.15) is 0 Å². The Labute approximate surface area is 181 Å². The van der Waals surface area contributed by atoms with E-state index in [9.17, 15) is 12.8 Å². The van der Waals surface area contributed by atoms with E-state index in [4.69, 9.17) is 5.14 Å². The topological polar surface area (TPSA) is 78.0 Å². The normalized spacial score (nSPS) is 12.7. The van der Waals surface area contributed by atoms with Gasteiger partial charge in [-0.15, -0.1) is 11.3 Å². The number of thiophene rings is 1. The molecule has 0 aliphatic heterocycles. The van der Waals surface area contributed by atoms with Crippen molar-refractivity contribution in [2.24, 2.45) is 11.1 Å². The highest BCUT2D eigenvalue weighted by atomic mass is 32.2. The number of rotatable bonds is 6. The third-order valence-corrected chi connectivity index (χ3v) is 7.34. The van der Waals surface area contributed by atoms with Crippen molar-refractivity contribution in [1.29, 1.82) is 0 Å². The second kappa shape index (κ2) is 8.24. The maximum Gasteiger partial charge on any atom is 0.248 e. The van der Waals surface area contributed by atoms with E-state index in [1.54, 1.807) is 18.3 Å². The number of imidazole rings is 1. The number of aromatic nitrogens is 2. The van der Waals surface area contributed by atoms with Crippen LogP contribution in [0.1, 0.15) is 50.9 Å². The molecule has 8 heteroatoms. The molecule has 0 atom stereocenters. The van der Waals surface area contributed by atoms with Crippen molar-refractivity contribution in [3.63, 3.8) is 0 Å². The van der Waals surface area contributed by atoms with Crippen molar-refractivity contribution >= 4 is 21.4 Å². The summed E-state index contributed by atoms with van der Waals surface area (Å²) in [5, 5.41) is 5.43. The highest BCUT2D eigenvalue weighted by molar-refractivity contribution is 7.91. The quantitative estimate of drug-likeness (QED) is 0.579. The molecular formula is C22H28FN3O2S2. The molecule has 0 saturated heterocycles. The van der Waals surface area contributed by atoms with Crippen molar-refractivity contribution < 1.29 is 12.8 Å². The van der Waals surface area contributed by atoms with Crippen LogP contribution in [-0.4, -0.2) is 18.0 Å². The van der Waals surface area contributed by atoms with Crippen LogP contribution in [0.5, 0.6) is 0 Å². The van der Waals surface area contributed by atoms with Gasteiger partial charge >= 0.3 is 0 Å². The maximum absolute atomic E-state index is 15.0. The highest BCUT2D eigenvalue weighted by Crippen LogP contribution is 2.36. The Morgan fingerprint density at radius 3 is 2.50 bits per heavy atom. The van der Waals surface area contributed by atoms with E-state index in [0.717, 1.165) is 28.5 Å². The molecule has 0 spiro atoms. The van der Waals surface area contributed by atoms with Crippen molar-refractivity contribution in [3.05, 3.63) is 58.7 Å². The van der Waals surface area contributed by atoms with E-state index < -0.39 is 15.8 Å². The first-order chi connectivity index (χ1) is 13.9. The second-order valence-corrected chi connectivity index (χ2v) is 11.9. The van der Waals surface area contributed by atoms with Gasteiger partial charge in [-0.3, -0.25) is 0 Å². The zero-order valence-electron chi connectivity index (χ0n) is 17.9. The highest BCUT2D eigenvalue weighted by Gasteiger charge is 2.22. The predicted molar refractivity (Wildman–Crippen MR) is 120 cm³/mol. The summed E-state index contributed by atoms with van der Waals surface area (Å²) in [6, 6.07) is 6.65. The third kappa shape index (κ3) is 4.99. The molecule has 0 unspecified atom stereocenters. The minimum absolute atomic E-state index is 0.0786. The summed E-state index contributed by atoms with van der Waals surface area (Å²) < 4.78 is 41.2. The van der Waals surface area contributed by atoms with Gasteiger partial charge in [-0.05, 0) is 30.0 Å². The number of nitrogens with two attached hydrogens (primary N) is 1. The van der Waals surface area contributed by atoms with Gasteiger partial charge in [-0.1, -0.05) is 46.8 Å². The van der Waals surface area contributed by atoms with Crippen molar-refractivity contribution in [3.8, 4) is 11.1 Å². The van der Waals surface area contributed by atoms with Gasteiger partial charge < -0.3 is 4.57 Å². The summed E-state index contributed by atoms with van der Waals surface area (Å²) in [5.74, 6) is 0.854. The third-order valence-electron chi connectivity index (χ3n) is 4.71. The fraction of sp³-hybridized carbons (Fsp3) is 0.409. The van der Waals surface area contributed by atoms with Crippen LogP contribution >= 0.6 is 11.3 Å². The van der Waals surface area contributed by atoms with Gasteiger partial charge in [0.1, 0.15) is 15.9 Å². The maximum atomic E-state index is 15.0. The van der Waals surface area contributed by atoms with Gasteiger partial charge in [0, 0.05) is 33.8 Å². The molecule has 0 aliphatic rings. The van der Waals surface area contributed by atoms with E-state index in [2.05, 4.69) is 39.6 Å². The van der Waals surface area contributed by atoms with Crippen LogP contribution < -0.4 is 5.14 Å². The largest absolute Gasteiger partial charge is 0.330 e. The fourth-order valence-corrected chi connectivity index (χ4v) is 5.83. The molecule has 30 heavy (non-hydrogen) atoms. The van der Waals surface area contributed by atoms with E-state index in [-0.39, 0.29) is 9.62 Å². The number of nitrogens with zero attached hydrogens (tertiary/aromatic N) is 2. The first kappa shape index (κ1) is 22.7. The standard InChI is InChI=1S/C22H28FN3O2S2/c1-14(2)10-17-12-18(20(29-17)30(24,27)28)15-6-7-16(19(23)11-15)13-26-9-8-25-21(26)22(3,4)5/h6-9,11-12,14H,10,13H2,1-5H3,(H2,24,27,28). The van der Waals surface area contributed by atoms with Gasteiger partial charge in [0.2, 0.25) is 10.0 Å². The summed E-state index contributed by atoms with van der Waals surface area (Å²) >= 11 is 1.16. The molecule has 0 fully saturated rings.